The van der Waals surface area contributed by atoms with Crippen LogP contribution in [-0.4, -0.2) is 46.3 Å². The molecule has 1 amide bonds. The molecular formula is C29H27FN4O2S. The molecular weight excluding hydrogens is 487 g/mol. The lowest BCUT2D eigenvalue weighted by molar-refractivity contribution is -0.00204. The lowest BCUT2D eigenvalue weighted by Crippen LogP contribution is -2.45. The molecule has 1 fully saturated rings. The van der Waals surface area contributed by atoms with Crippen LogP contribution in [0.25, 0.3) is 22.0 Å². The monoisotopic (exact) mass is 514 g/mol. The first-order valence-electron chi connectivity index (χ1n) is 12.0. The third-order valence-corrected chi connectivity index (χ3v) is 7.20. The zero-order valence-electron chi connectivity index (χ0n) is 20.4. The van der Waals surface area contributed by atoms with Crippen LogP contribution >= 0.6 is 12.6 Å². The molecule has 0 aliphatic carbocycles. The molecule has 0 unspecified atom stereocenters. The first-order chi connectivity index (χ1) is 17.7. The molecule has 0 atom stereocenters. The van der Waals surface area contributed by atoms with Crippen LogP contribution in [0.4, 0.5) is 21.5 Å². The number of aliphatic imine (C=N–C) groups is 1. The molecule has 188 valence electrons. The van der Waals surface area contributed by atoms with Crippen molar-refractivity contribution in [3.63, 3.8) is 0 Å². The van der Waals surface area contributed by atoms with E-state index in [0.717, 1.165) is 27.2 Å². The van der Waals surface area contributed by atoms with Crippen LogP contribution in [0, 0.1) is 5.82 Å². The number of nitrogens with zero attached hydrogens (tertiary/aromatic N) is 3. The van der Waals surface area contributed by atoms with Gasteiger partial charge >= 0.3 is 0 Å². The molecule has 0 saturated carbocycles. The molecule has 0 radical (unpaired) electrons. The van der Waals surface area contributed by atoms with Crippen LogP contribution in [0.15, 0.2) is 76.7 Å². The molecule has 1 aliphatic heterocycles. The van der Waals surface area contributed by atoms with Crippen LogP contribution in [0.2, 0.25) is 0 Å². The summed E-state index contributed by atoms with van der Waals surface area (Å²) in [5, 5.41) is 14.4. The Labute approximate surface area is 220 Å². The number of aliphatic hydroxyl groups is 1. The van der Waals surface area contributed by atoms with E-state index in [4.69, 9.17) is 0 Å². The summed E-state index contributed by atoms with van der Waals surface area (Å²) in [6.45, 7) is 6.26. The molecule has 5 rings (SSSR count). The van der Waals surface area contributed by atoms with Crippen LogP contribution in [0.5, 0.6) is 0 Å². The fraction of sp³-hybridized carbons (Fsp3) is 0.207. The number of benzene rings is 3. The highest BCUT2D eigenvalue weighted by Crippen LogP contribution is 2.33. The SMILES string of the molecule is C=Nc1cc(Nc2ccnc3ccc(-c4ccc(C(=O)N5CCC(C)(O)CC5)cc4F)cc23)ccc1S. The number of likely N-dealkylation sites (tertiary alicyclic amines) is 1. The molecule has 37 heavy (non-hydrogen) atoms. The van der Waals surface area contributed by atoms with E-state index >= 15 is 4.39 Å². The Balaban J connectivity index is 1.44. The number of rotatable bonds is 5. The molecule has 0 spiro atoms. The number of halogens is 1. The topological polar surface area (TPSA) is 77.8 Å². The second-order valence-corrected chi connectivity index (χ2v) is 10.0. The molecule has 6 nitrogen and oxygen atoms in total. The Kier molecular flexibility index (Phi) is 6.70. The van der Waals surface area contributed by atoms with E-state index in [2.05, 4.69) is 34.6 Å². The summed E-state index contributed by atoms with van der Waals surface area (Å²) in [6.07, 6.45) is 2.72. The van der Waals surface area contributed by atoms with E-state index in [1.54, 1.807) is 30.2 Å². The number of piperidine rings is 1. The number of pyridine rings is 1. The normalized spacial score (nSPS) is 15.0. The van der Waals surface area contributed by atoms with Crippen molar-refractivity contribution in [2.24, 2.45) is 4.99 Å². The Hall–Kier alpha value is -3.75. The third kappa shape index (κ3) is 5.21. The number of carbonyl (C=O) groups excluding carboxylic acids is 1. The third-order valence-electron chi connectivity index (χ3n) is 6.82. The van der Waals surface area contributed by atoms with Crippen LogP contribution in [0.3, 0.4) is 0 Å². The zero-order valence-corrected chi connectivity index (χ0v) is 21.3. The number of hydrogen-bond donors (Lipinski definition) is 3. The number of hydrogen-bond acceptors (Lipinski definition) is 6. The van der Waals surface area contributed by atoms with Gasteiger partial charge in [0.05, 0.1) is 16.8 Å². The van der Waals surface area contributed by atoms with Gasteiger partial charge in [0, 0.05) is 52.1 Å². The van der Waals surface area contributed by atoms with Crippen LogP contribution < -0.4 is 5.32 Å². The first kappa shape index (κ1) is 24.9. The minimum Gasteiger partial charge on any atom is -0.390 e. The van der Waals surface area contributed by atoms with Crippen molar-refractivity contribution < 1.29 is 14.3 Å². The summed E-state index contributed by atoms with van der Waals surface area (Å²) < 4.78 is 15.3. The summed E-state index contributed by atoms with van der Waals surface area (Å²) >= 11 is 4.39. The standard InChI is InChI=1S/C29H27FN4O2S/c1-29(36)10-13-34(14-11-29)28(35)19-3-6-21(23(30)16-19)18-4-7-24-22(15-18)25(9-12-32-24)33-20-5-8-27(37)26(17-20)31-2/h3-9,12,15-17,36-37H,2,10-11,13-14H2,1H3,(H,32,33). The van der Waals surface area contributed by atoms with Gasteiger partial charge in [-0.3, -0.25) is 14.8 Å². The van der Waals surface area contributed by atoms with E-state index in [9.17, 15) is 9.90 Å². The van der Waals surface area contributed by atoms with E-state index < -0.39 is 11.4 Å². The summed E-state index contributed by atoms with van der Waals surface area (Å²) in [5.74, 6) is -0.700. The van der Waals surface area contributed by atoms with Crippen molar-refractivity contribution in [2.45, 2.75) is 30.3 Å². The summed E-state index contributed by atoms with van der Waals surface area (Å²) in [4.78, 5) is 23.8. The Morgan fingerprint density at radius 1 is 1.14 bits per heavy atom. The lowest BCUT2D eigenvalue weighted by Gasteiger charge is -2.35. The molecule has 2 N–H and O–H groups in total. The number of amides is 1. The quantitative estimate of drug-likeness (QED) is 0.213. The summed E-state index contributed by atoms with van der Waals surface area (Å²) in [5.41, 5.74) is 3.65. The highest BCUT2D eigenvalue weighted by molar-refractivity contribution is 7.80. The maximum atomic E-state index is 15.3. The number of fused-ring (bicyclic) bond motifs is 1. The van der Waals surface area contributed by atoms with Gasteiger partial charge in [-0.2, -0.15) is 0 Å². The van der Waals surface area contributed by atoms with Gasteiger partial charge in [-0.25, -0.2) is 4.39 Å². The first-order valence-corrected chi connectivity index (χ1v) is 12.5. The van der Waals surface area contributed by atoms with Crippen molar-refractivity contribution in [3.05, 3.63) is 78.2 Å². The highest BCUT2D eigenvalue weighted by atomic mass is 32.1. The van der Waals surface area contributed by atoms with Gasteiger partial charge in [-0.15, -0.1) is 12.6 Å². The van der Waals surface area contributed by atoms with Crippen molar-refractivity contribution >= 4 is 53.2 Å². The van der Waals surface area contributed by atoms with Gasteiger partial charge in [0.2, 0.25) is 0 Å². The van der Waals surface area contributed by atoms with Gasteiger partial charge in [0.25, 0.3) is 5.91 Å². The van der Waals surface area contributed by atoms with Gasteiger partial charge in [0.15, 0.2) is 0 Å². The summed E-state index contributed by atoms with van der Waals surface area (Å²) in [6, 6.07) is 17.6. The maximum absolute atomic E-state index is 15.3. The molecule has 3 aromatic carbocycles. The van der Waals surface area contributed by atoms with Gasteiger partial charge < -0.3 is 15.3 Å². The molecule has 1 aromatic heterocycles. The number of thiol groups is 1. The van der Waals surface area contributed by atoms with Gasteiger partial charge in [-0.1, -0.05) is 12.1 Å². The number of carbonyl (C=O) groups is 1. The lowest BCUT2D eigenvalue weighted by atomic mass is 9.93. The Bertz CT molecular complexity index is 1510. The number of aromatic nitrogens is 1. The number of anilines is 2. The van der Waals surface area contributed by atoms with Crippen molar-refractivity contribution in [1.29, 1.82) is 0 Å². The minimum absolute atomic E-state index is 0.226. The largest absolute Gasteiger partial charge is 0.390 e. The average molecular weight is 515 g/mol. The van der Waals surface area contributed by atoms with E-state index in [1.165, 1.54) is 6.07 Å². The average Bonchev–Trinajstić information content (AvgIpc) is 2.89. The van der Waals surface area contributed by atoms with Gasteiger partial charge in [-0.05, 0) is 80.6 Å². The second-order valence-electron chi connectivity index (χ2n) is 9.56. The van der Waals surface area contributed by atoms with Crippen molar-refractivity contribution in [2.75, 3.05) is 18.4 Å². The maximum Gasteiger partial charge on any atom is 0.253 e. The summed E-state index contributed by atoms with van der Waals surface area (Å²) in [7, 11) is 0. The molecule has 2 heterocycles. The Morgan fingerprint density at radius 2 is 1.92 bits per heavy atom. The van der Waals surface area contributed by atoms with E-state index in [1.807, 2.05) is 42.5 Å². The fourth-order valence-corrected chi connectivity index (χ4v) is 4.77. The predicted molar refractivity (Wildman–Crippen MR) is 149 cm³/mol. The molecule has 1 saturated heterocycles. The van der Waals surface area contributed by atoms with Crippen molar-refractivity contribution in [1.82, 2.24) is 9.88 Å². The predicted octanol–water partition coefficient (Wildman–Crippen LogP) is 6.39. The molecule has 4 aromatic rings. The molecule has 0 bridgehead atoms. The van der Waals surface area contributed by atoms with Crippen molar-refractivity contribution in [3.8, 4) is 11.1 Å². The highest BCUT2D eigenvalue weighted by Gasteiger charge is 2.30. The van der Waals surface area contributed by atoms with E-state index in [-0.39, 0.29) is 5.91 Å². The minimum atomic E-state index is -0.759. The van der Waals surface area contributed by atoms with Crippen LogP contribution in [0.1, 0.15) is 30.1 Å². The second kappa shape index (κ2) is 9.95. The Morgan fingerprint density at radius 3 is 2.65 bits per heavy atom. The molecule has 1 aliphatic rings. The van der Waals surface area contributed by atoms with Crippen LogP contribution in [-0.2, 0) is 0 Å². The van der Waals surface area contributed by atoms with E-state index in [0.29, 0.717) is 48.3 Å². The fourth-order valence-electron chi connectivity index (χ4n) is 4.56. The van der Waals surface area contributed by atoms with Gasteiger partial charge in [0.1, 0.15) is 5.82 Å². The zero-order chi connectivity index (χ0) is 26.2. The smallest absolute Gasteiger partial charge is 0.253 e. The number of nitrogens with one attached hydrogen (secondary N) is 1. The molecule has 8 heteroatoms.